The molecular weight excluding hydrogens is 258 g/mol. The van der Waals surface area contributed by atoms with Gasteiger partial charge in [0.15, 0.2) is 0 Å². The van der Waals surface area contributed by atoms with Gasteiger partial charge in [0.2, 0.25) is 10.0 Å². The fourth-order valence-corrected chi connectivity index (χ4v) is 2.77. The Bertz CT molecular complexity index is 488. The molecule has 0 saturated heterocycles. The Morgan fingerprint density at radius 3 is 2.56 bits per heavy atom. The van der Waals surface area contributed by atoms with Crippen LogP contribution < -0.4 is 0 Å². The molecule has 0 amide bonds. The monoisotopic (exact) mass is 275 g/mol. The van der Waals surface area contributed by atoms with Crippen LogP contribution in [0.2, 0.25) is 0 Å². The maximum absolute atomic E-state index is 12.1. The number of phenols is 1. The van der Waals surface area contributed by atoms with Crippen molar-refractivity contribution in [3.63, 3.8) is 0 Å². The fraction of sp³-hybridized carbons (Fsp3) is 0.455. The normalized spacial score (nSPS) is 13.8. The summed E-state index contributed by atoms with van der Waals surface area (Å²) in [5.74, 6) is -0.314. The van der Waals surface area contributed by atoms with Crippen molar-refractivity contribution in [2.24, 2.45) is 0 Å². The van der Waals surface area contributed by atoms with E-state index in [0.717, 1.165) is 4.31 Å². The Balaban J connectivity index is 2.90. The van der Waals surface area contributed by atoms with Crippen LogP contribution in [0.3, 0.4) is 0 Å². The largest absolute Gasteiger partial charge is 0.507 e. The molecule has 0 aliphatic rings. The molecule has 0 bridgehead atoms. The Labute approximate surface area is 106 Å². The predicted molar refractivity (Wildman–Crippen MR) is 65.8 cm³/mol. The highest BCUT2D eigenvalue weighted by atomic mass is 32.2. The maximum atomic E-state index is 12.1. The van der Waals surface area contributed by atoms with E-state index in [1.54, 1.807) is 0 Å². The van der Waals surface area contributed by atoms with Gasteiger partial charge in [-0.25, -0.2) is 8.42 Å². The number of benzene rings is 1. The summed E-state index contributed by atoms with van der Waals surface area (Å²) in [6, 6.07) is 5.66. The van der Waals surface area contributed by atoms with Crippen molar-refractivity contribution in [1.82, 2.24) is 4.31 Å². The van der Waals surface area contributed by atoms with Gasteiger partial charge in [0, 0.05) is 20.7 Å². The number of para-hydroxylation sites is 1. The summed E-state index contributed by atoms with van der Waals surface area (Å²) < 4.78 is 29.9. The quantitative estimate of drug-likeness (QED) is 0.764. The van der Waals surface area contributed by atoms with Crippen LogP contribution in [-0.4, -0.2) is 56.3 Å². The van der Waals surface area contributed by atoms with Crippen LogP contribution in [0.1, 0.15) is 0 Å². The molecule has 1 atom stereocenters. The van der Waals surface area contributed by atoms with Crippen LogP contribution >= 0.6 is 0 Å². The topological polar surface area (TPSA) is 87.1 Å². The third kappa shape index (κ3) is 3.42. The molecule has 0 saturated carbocycles. The van der Waals surface area contributed by atoms with Crippen molar-refractivity contribution < 1.29 is 23.4 Å². The van der Waals surface area contributed by atoms with Crippen molar-refractivity contribution in [2.75, 3.05) is 27.3 Å². The van der Waals surface area contributed by atoms with Gasteiger partial charge >= 0.3 is 0 Å². The molecule has 1 unspecified atom stereocenters. The van der Waals surface area contributed by atoms with Gasteiger partial charge in [-0.05, 0) is 12.1 Å². The second-order valence-electron chi connectivity index (χ2n) is 3.86. The zero-order valence-corrected chi connectivity index (χ0v) is 11.1. The Kier molecular flexibility index (Phi) is 5.09. The number of ether oxygens (including phenoxy) is 1. The molecule has 7 heteroatoms. The van der Waals surface area contributed by atoms with Gasteiger partial charge in [0.25, 0.3) is 0 Å². The van der Waals surface area contributed by atoms with E-state index in [1.165, 1.54) is 38.4 Å². The fourth-order valence-electron chi connectivity index (χ4n) is 1.48. The van der Waals surface area contributed by atoms with E-state index < -0.39 is 16.1 Å². The van der Waals surface area contributed by atoms with Crippen LogP contribution in [0.15, 0.2) is 29.2 Å². The lowest BCUT2D eigenvalue weighted by atomic mass is 10.3. The van der Waals surface area contributed by atoms with E-state index in [9.17, 15) is 18.6 Å². The lowest BCUT2D eigenvalue weighted by Crippen LogP contribution is -2.36. The number of hydrogen-bond donors (Lipinski definition) is 2. The van der Waals surface area contributed by atoms with Gasteiger partial charge in [-0.15, -0.1) is 0 Å². The minimum Gasteiger partial charge on any atom is -0.507 e. The average Bonchev–Trinajstić information content (AvgIpc) is 2.29. The summed E-state index contributed by atoms with van der Waals surface area (Å²) in [7, 11) is -1.06. The molecule has 0 aliphatic carbocycles. The van der Waals surface area contributed by atoms with Crippen LogP contribution in [0.25, 0.3) is 0 Å². The standard InChI is InChI=1S/C11H17NO5S/c1-12(7-9(13)8-17-2)18(15,16)11-6-4-3-5-10(11)14/h3-6,9,13-14H,7-8H2,1-2H3. The molecule has 1 aromatic carbocycles. The Morgan fingerprint density at radius 2 is 2.00 bits per heavy atom. The number of aromatic hydroxyl groups is 1. The first-order chi connectivity index (χ1) is 8.39. The zero-order valence-electron chi connectivity index (χ0n) is 10.3. The molecule has 0 aliphatic heterocycles. The van der Waals surface area contributed by atoms with Gasteiger partial charge in [0.05, 0.1) is 12.7 Å². The number of sulfonamides is 1. The van der Waals surface area contributed by atoms with E-state index in [0.29, 0.717) is 0 Å². The number of methoxy groups -OCH3 is 1. The van der Waals surface area contributed by atoms with E-state index in [4.69, 9.17) is 4.74 Å². The molecule has 0 spiro atoms. The van der Waals surface area contributed by atoms with E-state index >= 15 is 0 Å². The van der Waals surface area contributed by atoms with Gasteiger partial charge in [-0.3, -0.25) is 0 Å². The molecule has 0 radical (unpaired) electrons. The number of phenolic OH excluding ortho intramolecular Hbond substituents is 1. The second-order valence-corrected chi connectivity index (χ2v) is 5.88. The minimum atomic E-state index is -3.82. The zero-order chi connectivity index (χ0) is 13.8. The molecular formula is C11H17NO5S. The SMILES string of the molecule is COCC(O)CN(C)S(=O)(=O)c1ccccc1O. The van der Waals surface area contributed by atoms with E-state index in [2.05, 4.69) is 0 Å². The molecule has 102 valence electrons. The molecule has 2 N–H and O–H groups in total. The summed E-state index contributed by atoms with van der Waals surface area (Å²) in [5.41, 5.74) is 0. The van der Waals surface area contributed by atoms with Crippen LogP contribution in [-0.2, 0) is 14.8 Å². The lowest BCUT2D eigenvalue weighted by molar-refractivity contribution is 0.0554. The van der Waals surface area contributed by atoms with Crippen molar-refractivity contribution in [1.29, 1.82) is 0 Å². The average molecular weight is 275 g/mol. The molecule has 1 rings (SSSR count). The Hall–Kier alpha value is -1.15. The molecule has 0 aromatic heterocycles. The summed E-state index contributed by atoms with van der Waals surface area (Å²) in [4.78, 5) is -0.183. The highest BCUT2D eigenvalue weighted by molar-refractivity contribution is 7.89. The van der Waals surface area contributed by atoms with E-state index in [1.807, 2.05) is 0 Å². The first-order valence-corrected chi connectivity index (χ1v) is 6.75. The third-order valence-corrected chi connectivity index (χ3v) is 4.25. The number of nitrogens with zero attached hydrogens (tertiary/aromatic N) is 1. The van der Waals surface area contributed by atoms with Gasteiger partial charge in [-0.2, -0.15) is 4.31 Å². The molecule has 0 fully saturated rings. The number of rotatable bonds is 6. The van der Waals surface area contributed by atoms with Crippen molar-refractivity contribution in [2.45, 2.75) is 11.0 Å². The molecule has 0 heterocycles. The first-order valence-electron chi connectivity index (χ1n) is 5.31. The van der Waals surface area contributed by atoms with Crippen LogP contribution in [0, 0.1) is 0 Å². The van der Waals surface area contributed by atoms with Gasteiger partial charge < -0.3 is 14.9 Å². The lowest BCUT2D eigenvalue weighted by Gasteiger charge is -2.20. The summed E-state index contributed by atoms with van der Waals surface area (Å²) in [6.07, 6.45) is -0.916. The van der Waals surface area contributed by atoms with Crippen molar-refractivity contribution in [3.05, 3.63) is 24.3 Å². The van der Waals surface area contributed by atoms with Crippen LogP contribution in [0.4, 0.5) is 0 Å². The predicted octanol–water partition coefficient (Wildman–Crippen LogP) is 0.0200. The summed E-state index contributed by atoms with van der Waals surface area (Å²) in [5, 5.41) is 19.0. The number of aliphatic hydroxyl groups is 1. The van der Waals surface area contributed by atoms with Gasteiger partial charge in [-0.1, -0.05) is 12.1 Å². The van der Waals surface area contributed by atoms with Crippen LogP contribution in [0.5, 0.6) is 5.75 Å². The summed E-state index contributed by atoms with van der Waals surface area (Å²) in [6.45, 7) is -0.0643. The first kappa shape index (κ1) is 14.9. The molecule has 1 aromatic rings. The third-order valence-electron chi connectivity index (χ3n) is 2.38. The second kappa shape index (κ2) is 6.14. The Morgan fingerprint density at radius 1 is 1.39 bits per heavy atom. The number of likely N-dealkylation sites (N-methyl/N-ethyl adjacent to an activating group) is 1. The van der Waals surface area contributed by atoms with Crippen molar-refractivity contribution >= 4 is 10.0 Å². The summed E-state index contributed by atoms with van der Waals surface area (Å²) >= 11 is 0. The number of hydrogen-bond acceptors (Lipinski definition) is 5. The maximum Gasteiger partial charge on any atom is 0.246 e. The highest BCUT2D eigenvalue weighted by Gasteiger charge is 2.25. The van der Waals surface area contributed by atoms with Crippen molar-refractivity contribution in [3.8, 4) is 5.75 Å². The highest BCUT2D eigenvalue weighted by Crippen LogP contribution is 2.24. The molecule has 18 heavy (non-hydrogen) atoms. The van der Waals surface area contributed by atoms with E-state index in [-0.39, 0.29) is 23.8 Å². The number of aliphatic hydroxyl groups excluding tert-OH is 1. The molecule has 6 nitrogen and oxygen atoms in total. The minimum absolute atomic E-state index is 0.0423. The van der Waals surface area contributed by atoms with Gasteiger partial charge in [0.1, 0.15) is 10.6 Å². The smallest absolute Gasteiger partial charge is 0.246 e.